The van der Waals surface area contributed by atoms with Crippen LogP contribution in [0.15, 0.2) is 6.33 Å². The van der Waals surface area contributed by atoms with Crippen LogP contribution >= 0.6 is 23.1 Å². The Hall–Kier alpha value is -0.950. The highest BCUT2D eigenvalue weighted by molar-refractivity contribution is 7.19. The highest BCUT2D eigenvalue weighted by Crippen LogP contribution is 2.48. The van der Waals surface area contributed by atoms with Crippen molar-refractivity contribution < 1.29 is 9.47 Å². The molecule has 0 radical (unpaired) electrons. The molecule has 5 nitrogen and oxygen atoms in total. The smallest absolute Gasteiger partial charge is 0.225 e. The lowest BCUT2D eigenvalue weighted by atomic mass is 9.92. The van der Waals surface area contributed by atoms with Crippen molar-refractivity contribution in [3.63, 3.8) is 0 Å². The summed E-state index contributed by atoms with van der Waals surface area (Å²) in [7, 11) is 3.77. The molecule has 2 aromatic rings. The molecule has 1 fully saturated rings. The normalized spacial score (nSPS) is 26.0. The number of ether oxygens (including phenoxy) is 2. The third-order valence-corrected chi connectivity index (χ3v) is 7.91. The third kappa shape index (κ3) is 4.02. The van der Waals surface area contributed by atoms with E-state index in [-0.39, 0.29) is 6.10 Å². The van der Waals surface area contributed by atoms with Gasteiger partial charge in [0.05, 0.1) is 11.5 Å². The number of aryl methyl sites for hydroxylation is 1. The largest absolute Gasteiger partial charge is 0.474 e. The minimum absolute atomic E-state index is 0.212. The fourth-order valence-corrected chi connectivity index (χ4v) is 6.22. The summed E-state index contributed by atoms with van der Waals surface area (Å²) in [6.45, 7) is 2.20. The Morgan fingerprint density at radius 3 is 2.71 bits per heavy atom. The third-order valence-electron chi connectivity index (χ3n) is 6.46. The van der Waals surface area contributed by atoms with Crippen molar-refractivity contribution in [3.8, 4) is 5.88 Å². The second kappa shape index (κ2) is 8.82. The van der Waals surface area contributed by atoms with E-state index in [1.807, 2.05) is 29.9 Å². The summed E-state index contributed by atoms with van der Waals surface area (Å²) in [5.74, 6) is 1.30. The zero-order valence-corrected chi connectivity index (χ0v) is 18.6. The molecule has 7 heteroatoms. The predicted octanol–water partition coefficient (Wildman–Crippen LogP) is 5.31. The van der Waals surface area contributed by atoms with Gasteiger partial charge in [0.1, 0.15) is 17.3 Å². The highest BCUT2D eigenvalue weighted by atomic mass is 35.5. The van der Waals surface area contributed by atoms with Gasteiger partial charge in [0, 0.05) is 25.1 Å². The molecule has 2 aromatic heterocycles. The molecule has 0 spiro atoms. The van der Waals surface area contributed by atoms with Gasteiger partial charge in [0.15, 0.2) is 0 Å². The van der Waals surface area contributed by atoms with E-state index < -0.39 is 0 Å². The van der Waals surface area contributed by atoms with Crippen molar-refractivity contribution in [2.75, 3.05) is 14.2 Å². The maximum Gasteiger partial charge on any atom is 0.225 e. The number of nitrogens with zero attached hydrogens (tertiary/aromatic N) is 3. The lowest BCUT2D eigenvalue weighted by Gasteiger charge is -2.31. The van der Waals surface area contributed by atoms with E-state index in [1.165, 1.54) is 16.9 Å². The van der Waals surface area contributed by atoms with E-state index in [1.54, 1.807) is 6.33 Å². The van der Waals surface area contributed by atoms with E-state index in [0.29, 0.717) is 18.1 Å². The summed E-state index contributed by atoms with van der Waals surface area (Å²) in [6, 6.07) is 0.446. The number of methoxy groups -OCH3 is 1. The van der Waals surface area contributed by atoms with Crippen LogP contribution in [0.5, 0.6) is 5.88 Å². The molecule has 0 saturated heterocycles. The first-order chi connectivity index (χ1) is 13.6. The van der Waals surface area contributed by atoms with Crippen LogP contribution in [0.4, 0.5) is 0 Å². The molecule has 1 saturated carbocycles. The summed E-state index contributed by atoms with van der Waals surface area (Å²) in [4.78, 5) is 11.7. The maximum absolute atomic E-state index is 6.45. The number of hydrogen-bond donors (Lipinski definition) is 0. The van der Waals surface area contributed by atoms with Crippen LogP contribution < -0.4 is 4.74 Å². The van der Waals surface area contributed by atoms with Gasteiger partial charge in [-0.1, -0.05) is 6.92 Å². The molecule has 2 heterocycles. The number of thiophene rings is 1. The molecule has 4 rings (SSSR count). The molecule has 2 aliphatic carbocycles. The fourth-order valence-electron chi connectivity index (χ4n) is 4.79. The zero-order chi connectivity index (χ0) is 19.7. The van der Waals surface area contributed by atoms with E-state index in [9.17, 15) is 0 Å². The topological polar surface area (TPSA) is 47.5 Å². The molecular formula is C21H30ClN3O2S. The summed E-state index contributed by atoms with van der Waals surface area (Å²) in [6.07, 6.45) is 10.8. The standard InChI is InChI=1S/C21H30ClN3O2S/c1-4-15(26-3)11-13-5-10-17-18(13)19-20(23-12-24-21(19)28-17)27-16-8-6-14(7-9-16)25(2)22/h12-16H,4-11H2,1-3H3/t13-,14?,15+,16?/m1/s1. The van der Waals surface area contributed by atoms with Crippen molar-refractivity contribution in [3.05, 3.63) is 16.8 Å². The fraction of sp³-hybridized carbons (Fsp3) is 0.714. The Bertz CT molecular complexity index is 800. The average molecular weight is 424 g/mol. The van der Waals surface area contributed by atoms with E-state index >= 15 is 0 Å². The van der Waals surface area contributed by atoms with Gasteiger partial charge in [-0.15, -0.1) is 11.3 Å². The SMILES string of the molecule is CC[C@@H](C[C@H]1CCc2sc3ncnc(OC4CCC(N(C)Cl)CC4)c3c21)OC. The van der Waals surface area contributed by atoms with Gasteiger partial charge in [0.2, 0.25) is 5.88 Å². The molecule has 2 aliphatic rings. The molecule has 0 aliphatic heterocycles. The van der Waals surface area contributed by atoms with Crippen LogP contribution in [0, 0.1) is 0 Å². The van der Waals surface area contributed by atoms with E-state index in [4.69, 9.17) is 21.3 Å². The van der Waals surface area contributed by atoms with Gasteiger partial charge in [-0.2, -0.15) is 0 Å². The number of rotatable bonds is 7. The van der Waals surface area contributed by atoms with Crippen molar-refractivity contribution in [1.82, 2.24) is 14.4 Å². The first-order valence-corrected chi connectivity index (χ1v) is 11.6. The number of fused-ring (bicyclic) bond motifs is 3. The van der Waals surface area contributed by atoms with Crippen molar-refractivity contribution in [2.24, 2.45) is 0 Å². The zero-order valence-electron chi connectivity index (χ0n) is 17.0. The molecule has 154 valence electrons. The van der Waals surface area contributed by atoms with Gasteiger partial charge < -0.3 is 9.47 Å². The number of hydrogen-bond acceptors (Lipinski definition) is 6. The molecule has 0 aromatic carbocycles. The van der Waals surface area contributed by atoms with Crippen molar-refractivity contribution in [2.45, 2.75) is 82.5 Å². The van der Waals surface area contributed by atoms with Crippen LogP contribution in [0.25, 0.3) is 10.2 Å². The summed E-state index contributed by atoms with van der Waals surface area (Å²) >= 11 is 7.95. The van der Waals surface area contributed by atoms with Crippen LogP contribution in [0.3, 0.4) is 0 Å². The molecule has 28 heavy (non-hydrogen) atoms. The lowest BCUT2D eigenvalue weighted by Crippen LogP contribution is -2.33. The lowest BCUT2D eigenvalue weighted by molar-refractivity contribution is 0.0857. The van der Waals surface area contributed by atoms with Crippen LogP contribution in [-0.2, 0) is 11.2 Å². The van der Waals surface area contributed by atoms with E-state index in [2.05, 4.69) is 16.9 Å². The second-order valence-electron chi connectivity index (χ2n) is 8.11. The van der Waals surface area contributed by atoms with Gasteiger partial charge in [-0.25, -0.2) is 14.4 Å². The Kier molecular flexibility index (Phi) is 6.40. The van der Waals surface area contributed by atoms with E-state index in [0.717, 1.165) is 61.0 Å². The molecule has 0 amide bonds. The monoisotopic (exact) mass is 423 g/mol. The minimum Gasteiger partial charge on any atom is -0.474 e. The first-order valence-electron chi connectivity index (χ1n) is 10.4. The molecule has 0 bridgehead atoms. The van der Waals surface area contributed by atoms with Crippen molar-refractivity contribution >= 4 is 33.3 Å². The summed E-state index contributed by atoms with van der Waals surface area (Å²) in [5.41, 5.74) is 1.43. The van der Waals surface area contributed by atoms with Gasteiger partial charge in [-0.3, -0.25) is 0 Å². The molecule has 2 atom stereocenters. The Morgan fingerprint density at radius 1 is 1.25 bits per heavy atom. The Balaban J connectivity index is 1.57. The highest BCUT2D eigenvalue weighted by Gasteiger charge is 2.32. The second-order valence-corrected chi connectivity index (χ2v) is 9.73. The summed E-state index contributed by atoms with van der Waals surface area (Å²) in [5, 5.41) is 1.16. The molecular weight excluding hydrogens is 394 g/mol. The Morgan fingerprint density at radius 2 is 2.04 bits per heavy atom. The minimum atomic E-state index is 0.212. The molecule has 0 N–H and O–H groups in total. The summed E-state index contributed by atoms with van der Waals surface area (Å²) < 4.78 is 13.9. The van der Waals surface area contributed by atoms with Gasteiger partial charge >= 0.3 is 0 Å². The van der Waals surface area contributed by atoms with Gasteiger partial charge in [-0.05, 0) is 74.6 Å². The predicted molar refractivity (Wildman–Crippen MR) is 114 cm³/mol. The first kappa shape index (κ1) is 20.3. The molecule has 0 unspecified atom stereocenters. The van der Waals surface area contributed by atoms with Crippen LogP contribution in [0.2, 0.25) is 0 Å². The van der Waals surface area contributed by atoms with Crippen LogP contribution in [0.1, 0.15) is 68.2 Å². The maximum atomic E-state index is 6.45. The van der Waals surface area contributed by atoms with Crippen LogP contribution in [-0.4, -0.2) is 46.8 Å². The van der Waals surface area contributed by atoms with Crippen molar-refractivity contribution in [1.29, 1.82) is 0 Å². The number of halogens is 1. The quantitative estimate of drug-likeness (QED) is 0.564. The van der Waals surface area contributed by atoms with Gasteiger partial charge in [0.25, 0.3) is 0 Å². The Labute approximate surface area is 176 Å². The average Bonchev–Trinajstić information content (AvgIpc) is 3.26. The number of aromatic nitrogens is 2.